The van der Waals surface area contributed by atoms with Crippen molar-refractivity contribution >= 4 is 44.9 Å². The quantitative estimate of drug-likeness (QED) is 0.142. The second kappa shape index (κ2) is 20.5. The maximum Gasteiger partial charge on any atom is 0.0725 e. The molecule has 0 unspecified atom stereocenters. The van der Waals surface area contributed by atoms with Gasteiger partial charge in [-0.1, -0.05) is 269 Å². The summed E-state index contributed by atoms with van der Waals surface area (Å²) in [5.74, 6) is 0. The second-order valence-electron chi connectivity index (χ2n) is 27.3. The van der Waals surface area contributed by atoms with Crippen LogP contribution in [-0.2, 0) is 16.2 Å². The van der Waals surface area contributed by atoms with E-state index in [1.807, 2.05) is 0 Å². The molecule has 18 rings (SSSR count). The Balaban J connectivity index is 0.783. The fourth-order valence-corrected chi connectivity index (χ4v) is 16.9. The Bertz CT molecular complexity index is 5250. The van der Waals surface area contributed by atoms with Crippen molar-refractivity contribution in [2.45, 2.75) is 57.8 Å². The molecule has 4 aliphatic rings. The Hall–Kier alpha value is -11.1. The van der Waals surface area contributed by atoms with Crippen molar-refractivity contribution in [1.29, 1.82) is 0 Å². The zero-order valence-electron chi connectivity index (χ0n) is 53.3. The summed E-state index contributed by atoms with van der Waals surface area (Å²) in [6, 6.07) is 115. The van der Waals surface area contributed by atoms with Gasteiger partial charge >= 0.3 is 0 Å². The van der Waals surface area contributed by atoms with E-state index in [1.165, 1.54) is 133 Å². The average molecular weight is 1190 g/mol. The molecule has 93 heavy (non-hydrogen) atoms. The van der Waals surface area contributed by atoms with Crippen molar-refractivity contribution < 1.29 is 0 Å². The van der Waals surface area contributed by atoms with Crippen LogP contribution in [0.1, 0.15) is 83.3 Å². The molecule has 0 aliphatic heterocycles. The van der Waals surface area contributed by atoms with Gasteiger partial charge in [-0.25, -0.2) is 0 Å². The predicted molar refractivity (Wildman–Crippen MR) is 391 cm³/mol. The Labute approximate surface area is 546 Å². The topological polar surface area (TPSA) is 6.48 Å². The highest BCUT2D eigenvalue weighted by Gasteiger charge is 2.51. The predicted octanol–water partition coefficient (Wildman–Crippen LogP) is 24.4. The van der Waals surface area contributed by atoms with Gasteiger partial charge in [-0.05, 0) is 220 Å². The number of fused-ring (bicyclic) bond motifs is 17. The molecular formula is C91H68N2. The Morgan fingerprint density at radius 2 is 0.559 bits per heavy atom. The third-order valence-corrected chi connectivity index (χ3v) is 21.4. The lowest BCUT2D eigenvalue weighted by Crippen LogP contribution is -2.25. The number of benzene rings is 14. The number of hydrogen-bond acceptors (Lipinski definition) is 2. The van der Waals surface area contributed by atoms with Crippen LogP contribution in [0, 0.1) is 13.8 Å². The summed E-state index contributed by atoms with van der Waals surface area (Å²) in [5, 5.41) is 2.49. The zero-order chi connectivity index (χ0) is 62.5. The fourth-order valence-electron chi connectivity index (χ4n) is 16.9. The van der Waals surface area contributed by atoms with Gasteiger partial charge < -0.3 is 9.80 Å². The van der Waals surface area contributed by atoms with E-state index in [1.54, 1.807) is 0 Å². The molecule has 4 aliphatic carbocycles. The summed E-state index contributed by atoms with van der Waals surface area (Å²) in [7, 11) is 0. The van der Waals surface area contributed by atoms with Crippen LogP contribution in [0.2, 0.25) is 0 Å². The molecule has 2 heteroatoms. The lowest BCUT2D eigenvalue weighted by atomic mass is 9.70. The summed E-state index contributed by atoms with van der Waals surface area (Å²) in [6.45, 7) is 14.0. The van der Waals surface area contributed by atoms with E-state index in [9.17, 15) is 0 Å². The van der Waals surface area contributed by atoms with Gasteiger partial charge in [0.1, 0.15) is 0 Å². The van der Waals surface area contributed by atoms with Gasteiger partial charge in [0.05, 0.1) is 5.41 Å². The van der Waals surface area contributed by atoms with E-state index in [2.05, 4.69) is 355 Å². The van der Waals surface area contributed by atoms with Crippen LogP contribution >= 0.6 is 0 Å². The first-order valence-corrected chi connectivity index (χ1v) is 32.9. The molecule has 0 bridgehead atoms. The van der Waals surface area contributed by atoms with E-state index >= 15 is 0 Å². The number of nitrogens with zero attached hydrogens (tertiary/aromatic N) is 2. The second-order valence-corrected chi connectivity index (χ2v) is 27.3. The molecule has 0 atom stereocenters. The van der Waals surface area contributed by atoms with Crippen LogP contribution in [0.15, 0.2) is 303 Å². The molecule has 442 valence electrons. The van der Waals surface area contributed by atoms with Gasteiger partial charge in [-0.15, -0.1) is 0 Å². The maximum absolute atomic E-state index is 2.51. The molecule has 0 saturated carbocycles. The monoisotopic (exact) mass is 1190 g/mol. The lowest BCUT2D eigenvalue weighted by Gasteiger charge is -2.31. The van der Waals surface area contributed by atoms with Crippen molar-refractivity contribution in [3.8, 4) is 77.9 Å². The van der Waals surface area contributed by atoms with Crippen LogP contribution < -0.4 is 9.80 Å². The van der Waals surface area contributed by atoms with E-state index in [0.29, 0.717) is 0 Å². The largest absolute Gasteiger partial charge is 0.310 e. The van der Waals surface area contributed by atoms with E-state index in [4.69, 9.17) is 0 Å². The summed E-state index contributed by atoms with van der Waals surface area (Å²) < 4.78 is 0. The van der Waals surface area contributed by atoms with Crippen molar-refractivity contribution in [3.63, 3.8) is 0 Å². The Morgan fingerprint density at radius 3 is 1.11 bits per heavy atom. The summed E-state index contributed by atoms with van der Waals surface area (Å²) in [5.41, 5.74) is 36.8. The van der Waals surface area contributed by atoms with Gasteiger partial charge in [-0.2, -0.15) is 0 Å². The van der Waals surface area contributed by atoms with Crippen LogP contribution in [0.25, 0.3) is 88.7 Å². The highest BCUT2D eigenvalue weighted by atomic mass is 15.1. The zero-order valence-corrected chi connectivity index (χ0v) is 53.3. The molecule has 0 saturated heterocycles. The maximum atomic E-state index is 2.51. The first-order valence-electron chi connectivity index (χ1n) is 32.9. The van der Waals surface area contributed by atoms with E-state index < -0.39 is 5.41 Å². The SMILES string of the molecule is Cc1ccc2c(c1)C(C)(C)c1cc(N(c3ccc(-c4ccc(N(c5ccc(-c6cccc7ccccc67)cc5)c5ccc6c(c5)-c5ccccc5C65c6ccccc6-c6ccccc65)cc4)c(-c4ccccc4)c3)c3ccc4c(c3)C(C)(C)c3cc(C)ccc3-4)ccc1-2. The number of aryl methyl sites for hydroxylation is 2. The number of anilines is 6. The smallest absolute Gasteiger partial charge is 0.0725 e. The number of rotatable bonds is 9. The molecule has 14 aromatic carbocycles. The van der Waals surface area contributed by atoms with Crippen molar-refractivity contribution in [2.75, 3.05) is 9.80 Å². The molecule has 0 N–H and O–H groups in total. The lowest BCUT2D eigenvalue weighted by molar-refractivity contribution is 0.659. The summed E-state index contributed by atoms with van der Waals surface area (Å²) in [4.78, 5) is 4.97. The van der Waals surface area contributed by atoms with Gasteiger partial charge in [0.2, 0.25) is 0 Å². The molecule has 2 nitrogen and oxygen atoms in total. The van der Waals surface area contributed by atoms with Gasteiger partial charge in [0.15, 0.2) is 0 Å². The molecular weight excluding hydrogens is 1120 g/mol. The standard InChI is InChI=1S/C91H68N2/c1-57-31-45-75-77-48-42-67(55-87(77)89(3,4)85(75)51-57)93(68-43-49-78-76-46-32-58(2)52-86(76)90(5,6)88(78)56-68)65-41-47-71(79(53-65)60-19-8-7-9-20-60)62-35-39-64(40-36-62)92(63-37-33-61(34-38-63)70-27-18-22-59-21-10-11-23-69(59)70)66-44-50-84-80(54-66)74-26-14-17-30-83(74)91(84)81-28-15-12-24-72(81)73-25-13-16-29-82(73)91/h7-56H,1-6H3. The molecule has 0 amide bonds. The summed E-state index contributed by atoms with van der Waals surface area (Å²) >= 11 is 0. The Morgan fingerprint density at radius 1 is 0.215 bits per heavy atom. The van der Waals surface area contributed by atoms with Gasteiger partial charge in [0, 0.05) is 45.0 Å². The van der Waals surface area contributed by atoms with Gasteiger partial charge in [0.25, 0.3) is 0 Å². The van der Waals surface area contributed by atoms with Crippen molar-refractivity contribution in [3.05, 3.63) is 359 Å². The minimum atomic E-state index is -0.430. The van der Waals surface area contributed by atoms with Crippen molar-refractivity contribution in [2.24, 2.45) is 0 Å². The molecule has 0 heterocycles. The van der Waals surface area contributed by atoms with Gasteiger partial charge in [-0.3, -0.25) is 0 Å². The molecule has 0 aromatic heterocycles. The Kier molecular flexibility index (Phi) is 12.1. The highest BCUT2D eigenvalue weighted by molar-refractivity contribution is 6.00. The third-order valence-electron chi connectivity index (χ3n) is 21.4. The summed E-state index contributed by atoms with van der Waals surface area (Å²) in [6.07, 6.45) is 0. The fraction of sp³-hybridized carbons (Fsp3) is 0.0989. The first kappa shape index (κ1) is 54.8. The van der Waals surface area contributed by atoms with Crippen LogP contribution in [0.3, 0.4) is 0 Å². The molecule has 1 spiro atoms. The molecule has 0 fully saturated rings. The minimum Gasteiger partial charge on any atom is -0.310 e. The normalized spacial score (nSPS) is 14.2. The third kappa shape index (κ3) is 8.14. The van der Waals surface area contributed by atoms with E-state index in [-0.39, 0.29) is 10.8 Å². The van der Waals surface area contributed by atoms with Crippen LogP contribution in [0.5, 0.6) is 0 Å². The average Bonchev–Trinajstić information content (AvgIpc) is 1.52. The minimum absolute atomic E-state index is 0.177. The first-order chi connectivity index (χ1) is 45.4. The molecule has 14 aromatic rings. The number of hydrogen-bond donors (Lipinski definition) is 0. The van der Waals surface area contributed by atoms with Crippen molar-refractivity contribution in [1.82, 2.24) is 0 Å². The molecule has 0 radical (unpaired) electrons. The van der Waals surface area contributed by atoms with Crippen LogP contribution in [0.4, 0.5) is 34.1 Å². The highest BCUT2D eigenvalue weighted by Crippen LogP contribution is 2.64. The van der Waals surface area contributed by atoms with E-state index in [0.717, 1.165) is 45.3 Å². The van der Waals surface area contributed by atoms with Crippen LogP contribution in [-0.4, -0.2) is 0 Å².